The topological polar surface area (TPSA) is 35.5 Å². The van der Waals surface area contributed by atoms with Gasteiger partial charge >= 0.3 is 0 Å². The summed E-state index contributed by atoms with van der Waals surface area (Å²) in [6.45, 7) is 3.92. The van der Waals surface area contributed by atoms with Crippen LogP contribution in [0.5, 0.6) is 0 Å². The lowest BCUT2D eigenvalue weighted by molar-refractivity contribution is 0.160. The van der Waals surface area contributed by atoms with Crippen LogP contribution in [0.4, 0.5) is 4.39 Å². The number of benzene rings is 1. The van der Waals surface area contributed by atoms with Gasteiger partial charge in [0.25, 0.3) is 0 Å². The highest BCUT2D eigenvalue weighted by Crippen LogP contribution is 2.30. The Bertz CT molecular complexity index is 423. The molecule has 0 aromatic heterocycles. The molecule has 0 bridgehead atoms. The molecule has 1 aliphatic carbocycles. The van der Waals surface area contributed by atoms with Crippen molar-refractivity contribution in [2.24, 2.45) is 5.92 Å². The summed E-state index contributed by atoms with van der Waals surface area (Å²) in [6.07, 6.45) is 2.44. The van der Waals surface area contributed by atoms with Gasteiger partial charge in [-0.3, -0.25) is 4.90 Å². The standard InChI is InChI=1S/C16H25FN2O/c1-12(11-19(9-10-20)13-7-8-13)16(18-2)14-5-3-4-6-15(14)17/h3-6,12-13,16,18,20H,7-11H2,1-2H3. The molecule has 2 rings (SSSR count). The van der Waals surface area contributed by atoms with E-state index < -0.39 is 0 Å². The summed E-state index contributed by atoms with van der Waals surface area (Å²) >= 11 is 0. The van der Waals surface area contributed by atoms with Crippen molar-refractivity contribution >= 4 is 0 Å². The number of nitrogens with one attached hydrogen (secondary N) is 1. The highest BCUT2D eigenvalue weighted by Gasteiger charge is 2.31. The Morgan fingerprint density at radius 2 is 2.10 bits per heavy atom. The van der Waals surface area contributed by atoms with Crippen molar-refractivity contribution < 1.29 is 9.50 Å². The molecule has 2 atom stereocenters. The van der Waals surface area contributed by atoms with Gasteiger partial charge in [0.1, 0.15) is 5.82 Å². The maximum atomic E-state index is 13.9. The molecular formula is C16H25FN2O. The average molecular weight is 280 g/mol. The molecule has 2 unspecified atom stereocenters. The van der Waals surface area contributed by atoms with Crippen LogP contribution in [0.3, 0.4) is 0 Å². The fourth-order valence-corrected chi connectivity index (χ4v) is 2.94. The third-order valence-electron chi connectivity index (χ3n) is 4.09. The van der Waals surface area contributed by atoms with E-state index >= 15 is 0 Å². The van der Waals surface area contributed by atoms with E-state index in [9.17, 15) is 4.39 Å². The first-order valence-electron chi connectivity index (χ1n) is 7.44. The Labute approximate surface area is 120 Å². The van der Waals surface area contributed by atoms with Gasteiger partial charge in [-0.2, -0.15) is 0 Å². The van der Waals surface area contributed by atoms with Crippen molar-refractivity contribution in [2.45, 2.75) is 31.8 Å². The second-order valence-electron chi connectivity index (χ2n) is 5.71. The third-order valence-corrected chi connectivity index (χ3v) is 4.09. The van der Waals surface area contributed by atoms with Gasteiger partial charge < -0.3 is 10.4 Å². The number of hydrogen-bond acceptors (Lipinski definition) is 3. The van der Waals surface area contributed by atoms with E-state index in [2.05, 4.69) is 17.1 Å². The van der Waals surface area contributed by atoms with Crippen LogP contribution in [-0.2, 0) is 0 Å². The Morgan fingerprint density at radius 3 is 2.65 bits per heavy atom. The minimum atomic E-state index is -0.154. The van der Waals surface area contributed by atoms with Crippen molar-refractivity contribution in [3.63, 3.8) is 0 Å². The van der Waals surface area contributed by atoms with Crippen LogP contribution in [0.25, 0.3) is 0 Å². The molecule has 1 saturated carbocycles. The van der Waals surface area contributed by atoms with E-state index in [-0.39, 0.29) is 24.4 Å². The summed E-state index contributed by atoms with van der Waals surface area (Å²) in [6, 6.07) is 7.57. The van der Waals surface area contributed by atoms with E-state index in [1.807, 2.05) is 19.2 Å². The first-order valence-corrected chi connectivity index (χ1v) is 7.44. The molecular weight excluding hydrogens is 255 g/mol. The molecule has 1 aromatic carbocycles. The second kappa shape index (κ2) is 7.16. The van der Waals surface area contributed by atoms with E-state index in [1.165, 1.54) is 18.9 Å². The van der Waals surface area contributed by atoms with Crippen molar-refractivity contribution in [2.75, 3.05) is 26.7 Å². The van der Waals surface area contributed by atoms with Crippen molar-refractivity contribution in [1.82, 2.24) is 10.2 Å². The van der Waals surface area contributed by atoms with Crippen LogP contribution < -0.4 is 5.32 Å². The van der Waals surface area contributed by atoms with Gasteiger partial charge in [0.2, 0.25) is 0 Å². The van der Waals surface area contributed by atoms with Crippen molar-refractivity contribution in [3.8, 4) is 0 Å². The average Bonchev–Trinajstić information content (AvgIpc) is 3.26. The van der Waals surface area contributed by atoms with Gasteiger partial charge in [-0.25, -0.2) is 4.39 Å². The van der Waals surface area contributed by atoms with E-state index in [4.69, 9.17) is 5.11 Å². The molecule has 1 aliphatic rings. The molecule has 3 nitrogen and oxygen atoms in total. The minimum Gasteiger partial charge on any atom is -0.395 e. The van der Waals surface area contributed by atoms with Crippen LogP contribution in [0.15, 0.2) is 24.3 Å². The van der Waals surface area contributed by atoms with Gasteiger partial charge in [-0.05, 0) is 31.9 Å². The maximum absolute atomic E-state index is 13.9. The smallest absolute Gasteiger partial charge is 0.127 e. The van der Waals surface area contributed by atoms with E-state index in [1.54, 1.807) is 6.07 Å². The van der Waals surface area contributed by atoms with Crippen LogP contribution >= 0.6 is 0 Å². The zero-order chi connectivity index (χ0) is 14.5. The molecule has 2 N–H and O–H groups in total. The van der Waals surface area contributed by atoms with Gasteiger partial charge in [0.15, 0.2) is 0 Å². The molecule has 0 saturated heterocycles. The van der Waals surface area contributed by atoms with Gasteiger partial charge in [-0.1, -0.05) is 25.1 Å². The normalized spacial score (nSPS) is 18.2. The molecule has 0 amide bonds. The summed E-state index contributed by atoms with van der Waals surface area (Å²) in [5.41, 5.74) is 0.724. The molecule has 4 heteroatoms. The molecule has 112 valence electrons. The number of rotatable bonds is 8. The number of hydrogen-bond donors (Lipinski definition) is 2. The lowest BCUT2D eigenvalue weighted by Gasteiger charge is -2.30. The minimum absolute atomic E-state index is 0.00357. The number of aliphatic hydroxyl groups excluding tert-OH is 1. The summed E-state index contributed by atoms with van der Waals surface area (Å²) in [4.78, 5) is 2.33. The number of aliphatic hydroxyl groups is 1. The number of nitrogens with zero attached hydrogens (tertiary/aromatic N) is 1. The second-order valence-corrected chi connectivity index (χ2v) is 5.71. The summed E-state index contributed by atoms with van der Waals surface area (Å²) in [5.74, 6) is 0.128. The van der Waals surface area contributed by atoms with Crippen molar-refractivity contribution in [1.29, 1.82) is 0 Å². The first-order chi connectivity index (χ1) is 9.67. The zero-order valence-corrected chi connectivity index (χ0v) is 12.3. The lowest BCUT2D eigenvalue weighted by Crippen LogP contribution is -2.37. The van der Waals surface area contributed by atoms with E-state index in [0.717, 1.165) is 12.1 Å². The summed E-state index contributed by atoms with van der Waals surface area (Å²) in [5, 5.41) is 12.4. The predicted octanol–water partition coefficient (Wildman–Crippen LogP) is 2.18. The SMILES string of the molecule is CNC(c1ccccc1F)C(C)CN(CCO)C1CC1. The largest absolute Gasteiger partial charge is 0.395 e. The molecule has 0 aliphatic heterocycles. The van der Waals surface area contributed by atoms with Crippen LogP contribution in [-0.4, -0.2) is 42.8 Å². The molecule has 20 heavy (non-hydrogen) atoms. The van der Waals surface area contributed by atoms with Crippen LogP contribution in [0.1, 0.15) is 31.4 Å². The van der Waals surface area contributed by atoms with Gasteiger partial charge in [0, 0.05) is 30.7 Å². The Balaban J connectivity index is 2.04. The summed E-state index contributed by atoms with van der Waals surface area (Å²) < 4.78 is 13.9. The maximum Gasteiger partial charge on any atom is 0.127 e. The quantitative estimate of drug-likeness (QED) is 0.766. The first kappa shape index (κ1) is 15.4. The van der Waals surface area contributed by atoms with E-state index in [0.29, 0.717) is 12.6 Å². The molecule has 0 heterocycles. The number of halogens is 1. The molecule has 0 spiro atoms. The Morgan fingerprint density at radius 1 is 1.40 bits per heavy atom. The highest BCUT2D eigenvalue weighted by molar-refractivity contribution is 5.21. The zero-order valence-electron chi connectivity index (χ0n) is 12.3. The van der Waals surface area contributed by atoms with Gasteiger partial charge in [0.05, 0.1) is 6.61 Å². The molecule has 1 aromatic rings. The van der Waals surface area contributed by atoms with Gasteiger partial charge in [-0.15, -0.1) is 0 Å². The lowest BCUT2D eigenvalue weighted by atomic mass is 9.93. The molecule has 1 fully saturated rings. The molecule has 0 radical (unpaired) electrons. The van der Waals surface area contributed by atoms with Crippen LogP contribution in [0, 0.1) is 11.7 Å². The highest BCUT2D eigenvalue weighted by atomic mass is 19.1. The van der Waals surface area contributed by atoms with Crippen molar-refractivity contribution in [3.05, 3.63) is 35.6 Å². The Kier molecular flexibility index (Phi) is 5.52. The third kappa shape index (κ3) is 3.78. The fourth-order valence-electron chi connectivity index (χ4n) is 2.94. The monoisotopic (exact) mass is 280 g/mol. The Hall–Kier alpha value is -0.970. The summed E-state index contributed by atoms with van der Waals surface area (Å²) in [7, 11) is 1.88. The fraction of sp³-hybridized carbons (Fsp3) is 0.625. The predicted molar refractivity (Wildman–Crippen MR) is 79.0 cm³/mol. The van der Waals surface area contributed by atoms with Crippen LogP contribution in [0.2, 0.25) is 0 Å².